The molecule has 1 aliphatic carbocycles. The molecule has 0 aromatic heterocycles. The molecule has 100 valence electrons. The molecule has 0 aromatic rings. The summed E-state index contributed by atoms with van der Waals surface area (Å²) in [7, 11) is 0. The minimum atomic E-state index is 0.198. The van der Waals surface area contributed by atoms with E-state index in [1.807, 2.05) is 0 Å². The van der Waals surface area contributed by atoms with Crippen molar-refractivity contribution in [2.45, 2.75) is 44.9 Å². The number of nitrogens with one attached hydrogen (secondary N) is 1. The molecule has 2 rings (SSSR count). The zero-order valence-electron chi connectivity index (χ0n) is 11.1. The summed E-state index contributed by atoms with van der Waals surface area (Å²) >= 11 is 0. The van der Waals surface area contributed by atoms with Gasteiger partial charge in [0, 0.05) is 31.7 Å². The van der Waals surface area contributed by atoms with Crippen molar-refractivity contribution in [3.63, 3.8) is 0 Å². The molecule has 3 heteroatoms. The molecule has 0 aromatic carbocycles. The molecule has 1 aliphatic heterocycles. The van der Waals surface area contributed by atoms with Crippen molar-refractivity contribution >= 4 is 0 Å². The summed E-state index contributed by atoms with van der Waals surface area (Å²) in [5.41, 5.74) is 0.198. The van der Waals surface area contributed by atoms with Gasteiger partial charge in [0.05, 0.1) is 0 Å². The standard InChI is InChI=1S/C14H28N2O/c17-13-14(6-2-1-3-7-14)12-15-8-11-16-9-4-5-10-16/h15,17H,1-13H2. The van der Waals surface area contributed by atoms with Gasteiger partial charge in [-0.3, -0.25) is 0 Å². The lowest BCUT2D eigenvalue weighted by atomic mass is 9.74. The van der Waals surface area contributed by atoms with Crippen molar-refractivity contribution < 1.29 is 5.11 Å². The van der Waals surface area contributed by atoms with Gasteiger partial charge in [-0.1, -0.05) is 19.3 Å². The maximum absolute atomic E-state index is 9.60. The molecule has 0 radical (unpaired) electrons. The maximum atomic E-state index is 9.60. The van der Waals surface area contributed by atoms with Crippen molar-refractivity contribution in [1.29, 1.82) is 0 Å². The summed E-state index contributed by atoms with van der Waals surface area (Å²) in [6.07, 6.45) is 9.12. The van der Waals surface area contributed by atoms with Crippen LogP contribution in [0.25, 0.3) is 0 Å². The average molecular weight is 240 g/mol. The Balaban J connectivity index is 1.61. The van der Waals surface area contributed by atoms with Gasteiger partial charge in [-0.2, -0.15) is 0 Å². The fourth-order valence-corrected chi connectivity index (χ4v) is 3.29. The summed E-state index contributed by atoms with van der Waals surface area (Å²) in [6.45, 7) is 6.21. The van der Waals surface area contributed by atoms with E-state index in [2.05, 4.69) is 10.2 Å². The van der Waals surface area contributed by atoms with Gasteiger partial charge in [0.1, 0.15) is 0 Å². The minimum Gasteiger partial charge on any atom is -0.396 e. The second-order valence-electron chi connectivity index (χ2n) is 5.94. The molecule has 1 heterocycles. The quantitative estimate of drug-likeness (QED) is 0.693. The molecule has 0 spiro atoms. The third-order valence-electron chi connectivity index (χ3n) is 4.55. The summed E-state index contributed by atoms with van der Waals surface area (Å²) in [6, 6.07) is 0. The normalized spacial score (nSPS) is 25.2. The molecule has 3 nitrogen and oxygen atoms in total. The van der Waals surface area contributed by atoms with Crippen LogP contribution in [0.15, 0.2) is 0 Å². The van der Waals surface area contributed by atoms with E-state index in [4.69, 9.17) is 0 Å². The van der Waals surface area contributed by atoms with Gasteiger partial charge in [-0.25, -0.2) is 0 Å². The third-order valence-corrected chi connectivity index (χ3v) is 4.55. The van der Waals surface area contributed by atoms with Crippen LogP contribution < -0.4 is 5.32 Å². The lowest BCUT2D eigenvalue weighted by molar-refractivity contribution is 0.0809. The predicted octanol–water partition coefficient (Wildman–Crippen LogP) is 1.61. The van der Waals surface area contributed by atoms with Crippen molar-refractivity contribution in [1.82, 2.24) is 10.2 Å². The summed E-state index contributed by atoms with van der Waals surface area (Å²) in [5.74, 6) is 0. The number of likely N-dealkylation sites (tertiary alicyclic amines) is 1. The Morgan fingerprint density at radius 3 is 2.35 bits per heavy atom. The molecule has 2 N–H and O–H groups in total. The number of rotatable bonds is 6. The van der Waals surface area contributed by atoms with Crippen LogP contribution in [0.3, 0.4) is 0 Å². The van der Waals surface area contributed by atoms with E-state index in [-0.39, 0.29) is 5.41 Å². The Hall–Kier alpha value is -0.120. The van der Waals surface area contributed by atoms with Crippen molar-refractivity contribution in [3.05, 3.63) is 0 Å². The van der Waals surface area contributed by atoms with Crippen LogP contribution in [-0.2, 0) is 0 Å². The summed E-state index contributed by atoms with van der Waals surface area (Å²) in [4.78, 5) is 2.54. The first-order valence-corrected chi connectivity index (χ1v) is 7.39. The van der Waals surface area contributed by atoms with E-state index < -0.39 is 0 Å². The smallest absolute Gasteiger partial charge is 0.0499 e. The number of aliphatic hydroxyl groups excluding tert-OH is 1. The molecular formula is C14H28N2O. The van der Waals surface area contributed by atoms with Gasteiger partial charge in [-0.15, -0.1) is 0 Å². The van der Waals surface area contributed by atoms with Crippen LogP contribution in [0.2, 0.25) is 0 Å². The van der Waals surface area contributed by atoms with Crippen LogP contribution in [-0.4, -0.2) is 49.3 Å². The average Bonchev–Trinajstić information content (AvgIpc) is 2.89. The fraction of sp³-hybridized carbons (Fsp3) is 1.00. The van der Waals surface area contributed by atoms with E-state index in [0.29, 0.717) is 6.61 Å². The summed E-state index contributed by atoms with van der Waals surface area (Å²) in [5, 5.41) is 13.2. The Morgan fingerprint density at radius 1 is 1.00 bits per heavy atom. The zero-order valence-corrected chi connectivity index (χ0v) is 11.1. The van der Waals surface area contributed by atoms with Crippen LogP contribution in [0.4, 0.5) is 0 Å². The monoisotopic (exact) mass is 240 g/mol. The molecule has 1 saturated heterocycles. The van der Waals surface area contributed by atoms with E-state index in [0.717, 1.165) is 13.1 Å². The Kier molecular flexibility index (Phi) is 5.26. The van der Waals surface area contributed by atoms with E-state index in [9.17, 15) is 5.11 Å². The zero-order chi connectivity index (χ0) is 12.0. The van der Waals surface area contributed by atoms with E-state index >= 15 is 0 Å². The largest absolute Gasteiger partial charge is 0.396 e. The lowest BCUT2D eigenvalue weighted by Gasteiger charge is -2.36. The third kappa shape index (κ3) is 3.94. The molecule has 0 atom stereocenters. The molecule has 2 fully saturated rings. The minimum absolute atomic E-state index is 0.198. The maximum Gasteiger partial charge on any atom is 0.0499 e. The Bertz CT molecular complexity index is 208. The highest BCUT2D eigenvalue weighted by Gasteiger charge is 2.30. The van der Waals surface area contributed by atoms with Crippen LogP contribution in [0.5, 0.6) is 0 Å². The first-order valence-electron chi connectivity index (χ1n) is 7.39. The van der Waals surface area contributed by atoms with Crippen molar-refractivity contribution in [3.8, 4) is 0 Å². The predicted molar refractivity (Wildman–Crippen MR) is 71.1 cm³/mol. The summed E-state index contributed by atoms with van der Waals surface area (Å²) < 4.78 is 0. The number of aliphatic hydroxyl groups is 1. The highest BCUT2D eigenvalue weighted by atomic mass is 16.3. The number of hydrogen-bond acceptors (Lipinski definition) is 3. The highest BCUT2D eigenvalue weighted by Crippen LogP contribution is 2.35. The second-order valence-corrected chi connectivity index (χ2v) is 5.94. The SMILES string of the molecule is OCC1(CNCCN2CCCC2)CCCCC1. The van der Waals surface area contributed by atoms with Crippen LogP contribution in [0, 0.1) is 5.41 Å². The van der Waals surface area contributed by atoms with Gasteiger partial charge in [0.2, 0.25) is 0 Å². The number of nitrogens with zero attached hydrogens (tertiary/aromatic N) is 1. The van der Waals surface area contributed by atoms with Gasteiger partial charge in [-0.05, 0) is 38.8 Å². The van der Waals surface area contributed by atoms with E-state index in [1.54, 1.807) is 0 Å². The van der Waals surface area contributed by atoms with Gasteiger partial charge in [0.15, 0.2) is 0 Å². The molecular weight excluding hydrogens is 212 g/mol. The first kappa shape index (κ1) is 13.3. The van der Waals surface area contributed by atoms with Crippen molar-refractivity contribution in [2.24, 2.45) is 5.41 Å². The Morgan fingerprint density at radius 2 is 1.71 bits per heavy atom. The number of hydrogen-bond donors (Lipinski definition) is 2. The highest BCUT2D eigenvalue weighted by molar-refractivity contribution is 4.84. The van der Waals surface area contributed by atoms with Crippen LogP contribution >= 0.6 is 0 Å². The van der Waals surface area contributed by atoms with Gasteiger partial charge >= 0.3 is 0 Å². The molecule has 0 bridgehead atoms. The molecule has 2 aliphatic rings. The van der Waals surface area contributed by atoms with Crippen LogP contribution in [0.1, 0.15) is 44.9 Å². The lowest BCUT2D eigenvalue weighted by Crippen LogP contribution is -2.41. The molecule has 1 saturated carbocycles. The fourth-order valence-electron chi connectivity index (χ4n) is 3.29. The topological polar surface area (TPSA) is 35.5 Å². The Labute approximate surface area is 106 Å². The molecule has 0 unspecified atom stereocenters. The van der Waals surface area contributed by atoms with Gasteiger partial charge in [0.25, 0.3) is 0 Å². The van der Waals surface area contributed by atoms with Gasteiger partial charge < -0.3 is 15.3 Å². The van der Waals surface area contributed by atoms with Crippen molar-refractivity contribution in [2.75, 3.05) is 39.3 Å². The first-order chi connectivity index (χ1) is 8.35. The molecule has 17 heavy (non-hydrogen) atoms. The molecule has 0 amide bonds. The second kappa shape index (κ2) is 6.72. The van der Waals surface area contributed by atoms with E-state index in [1.165, 1.54) is 64.6 Å².